The predicted molar refractivity (Wildman–Crippen MR) is 62.1 cm³/mol. The standard InChI is InChI=1S/C11H19ClN2O/c1-7(5-8(2)15)6-10-11(12)9(3)13-14(10)4/h7-8,15H,5-6H2,1-4H3. The quantitative estimate of drug-likeness (QED) is 0.862. The van der Waals surface area contributed by atoms with Gasteiger partial charge in [-0.2, -0.15) is 5.10 Å². The van der Waals surface area contributed by atoms with Crippen LogP contribution in [0.1, 0.15) is 31.7 Å². The van der Waals surface area contributed by atoms with Crippen LogP contribution in [0.5, 0.6) is 0 Å². The highest BCUT2D eigenvalue weighted by atomic mass is 35.5. The molecular formula is C11H19ClN2O. The van der Waals surface area contributed by atoms with Gasteiger partial charge in [0.25, 0.3) is 0 Å². The number of halogens is 1. The third kappa shape index (κ3) is 3.21. The zero-order valence-corrected chi connectivity index (χ0v) is 10.5. The fourth-order valence-corrected chi connectivity index (χ4v) is 2.13. The molecule has 0 aromatic carbocycles. The smallest absolute Gasteiger partial charge is 0.0847 e. The Balaban J connectivity index is 2.71. The molecule has 0 aliphatic rings. The van der Waals surface area contributed by atoms with Crippen LogP contribution in [0, 0.1) is 12.8 Å². The zero-order chi connectivity index (χ0) is 11.6. The summed E-state index contributed by atoms with van der Waals surface area (Å²) in [5, 5.41) is 14.3. The van der Waals surface area contributed by atoms with Gasteiger partial charge in [-0.15, -0.1) is 0 Å². The first kappa shape index (κ1) is 12.5. The highest BCUT2D eigenvalue weighted by molar-refractivity contribution is 6.31. The lowest BCUT2D eigenvalue weighted by Crippen LogP contribution is -2.11. The van der Waals surface area contributed by atoms with Crippen molar-refractivity contribution in [1.29, 1.82) is 0 Å². The van der Waals surface area contributed by atoms with E-state index in [0.717, 1.165) is 29.3 Å². The van der Waals surface area contributed by atoms with E-state index < -0.39 is 0 Å². The van der Waals surface area contributed by atoms with E-state index in [1.165, 1.54) is 0 Å². The fraction of sp³-hybridized carbons (Fsp3) is 0.727. The summed E-state index contributed by atoms with van der Waals surface area (Å²) in [6.45, 7) is 5.84. The van der Waals surface area contributed by atoms with Gasteiger partial charge in [-0.25, -0.2) is 0 Å². The number of nitrogens with zero attached hydrogens (tertiary/aromatic N) is 2. The highest BCUT2D eigenvalue weighted by Gasteiger charge is 2.15. The second-order valence-electron chi connectivity index (χ2n) is 4.36. The Bertz CT molecular complexity index is 334. The van der Waals surface area contributed by atoms with Crippen LogP contribution in [0.15, 0.2) is 0 Å². The number of aliphatic hydroxyl groups is 1. The lowest BCUT2D eigenvalue weighted by atomic mass is 9.99. The molecule has 1 heterocycles. The van der Waals surface area contributed by atoms with Gasteiger partial charge in [0, 0.05) is 7.05 Å². The Morgan fingerprint density at radius 1 is 1.47 bits per heavy atom. The van der Waals surface area contributed by atoms with Gasteiger partial charge in [-0.05, 0) is 32.6 Å². The van der Waals surface area contributed by atoms with Crippen molar-refractivity contribution in [3.8, 4) is 0 Å². The van der Waals surface area contributed by atoms with E-state index in [0.29, 0.717) is 5.92 Å². The average molecular weight is 231 g/mol. The maximum absolute atomic E-state index is 9.29. The molecule has 0 fully saturated rings. The molecule has 1 rings (SSSR count). The van der Waals surface area contributed by atoms with E-state index >= 15 is 0 Å². The van der Waals surface area contributed by atoms with Gasteiger partial charge in [-0.3, -0.25) is 4.68 Å². The predicted octanol–water partition coefficient (Wildman–Crippen LogP) is 2.33. The summed E-state index contributed by atoms with van der Waals surface area (Å²) >= 11 is 6.15. The average Bonchev–Trinajstić information content (AvgIpc) is 2.31. The lowest BCUT2D eigenvalue weighted by molar-refractivity contribution is 0.163. The number of hydrogen-bond acceptors (Lipinski definition) is 2. The summed E-state index contributed by atoms with van der Waals surface area (Å²) in [5.41, 5.74) is 1.93. The van der Waals surface area contributed by atoms with E-state index in [4.69, 9.17) is 11.6 Å². The van der Waals surface area contributed by atoms with Gasteiger partial charge in [0.1, 0.15) is 0 Å². The van der Waals surface area contributed by atoms with Gasteiger partial charge in [0.15, 0.2) is 0 Å². The van der Waals surface area contributed by atoms with Crippen LogP contribution in [0.4, 0.5) is 0 Å². The van der Waals surface area contributed by atoms with Crippen molar-refractivity contribution in [3.05, 3.63) is 16.4 Å². The van der Waals surface area contributed by atoms with Crippen LogP contribution in [-0.2, 0) is 13.5 Å². The van der Waals surface area contributed by atoms with Crippen LogP contribution in [0.25, 0.3) is 0 Å². The third-order valence-corrected chi connectivity index (χ3v) is 3.04. The molecule has 2 unspecified atom stereocenters. The number of rotatable bonds is 4. The van der Waals surface area contributed by atoms with Gasteiger partial charge >= 0.3 is 0 Å². The van der Waals surface area contributed by atoms with Crippen LogP contribution in [0.3, 0.4) is 0 Å². The van der Waals surface area contributed by atoms with E-state index in [9.17, 15) is 5.11 Å². The molecule has 0 saturated heterocycles. The number of aromatic nitrogens is 2. The van der Waals surface area contributed by atoms with E-state index in [-0.39, 0.29) is 6.10 Å². The Morgan fingerprint density at radius 3 is 2.47 bits per heavy atom. The SMILES string of the molecule is Cc1nn(C)c(CC(C)CC(C)O)c1Cl. The lowest BCUT2D eigenvalue weighted by Gasteiger charge is -2.13. The molecule has 86 valence electrons. The van der Waals surface area contributed by atoms with Crippen LogP contribution in [-0.4, -0.2) is 21.0 Å². The molecule has 1 aromatic heterocycles. The molecular weight excluding hydrogens is 212 g/mol. The van der Waals surface area contributed by atoms with E-state index in [1.54, 1.807) is 0 Å². The molecule has 0 saturated carbocycles. The van der Waals surface area contributed by atoms with Gasteiger partial charge in [-0.1, -0.05) is 18.5 Å². The normalized spacial score (nSPS) is 15.3. The fourth-order valence-electron chi connectivity index (χ4n) is 1.90. The first-order valence-electron chi connectivity index (χ1n) is 5.27. The highest BCUT2D eigenvalue weighted by Crippen LogP contribution is 2.23. The van der Waals surface area contributed by atoms with Gasteiger partial charge in [0.2, 0.25) is 0 Å². The first-order chi connectivity index (χ1) is 6.91. The van der Waals surface area contributed by atoms with Crippen molar-refractivity contribution >= 4 is 11.6 Å². The summed E-state index contributed by atoms with van der Waals surface area (Å²) in [7, 11) is 1.91. The molecule has 4 heteroatoms. The molecule has 0 bridgehead atoms. The van der Waals surface area contributed by atoms with E-state index in [1.807, 2.05) is 25.6 Å². The monoisotopic (exact) mass is 230 g/mol. The molecule has 1 N–H and O–H groups in total. The largest absolute Gasteiger partial charge is 0.393 e. The van der Waals surface area contributed by atoms with Crippen molar-refractivity contribution in [3.63, 3.8) is 0 Å². The molecule has 0 radical (unpaired) electrons. The maximum atomic E-state index is 9.29. The first-order valence-corrected chi connectivity index (χ1v) is 5.65. The molecule has 0 aliphatic carbocycles. The summed E-state index contributed by atoms with van der Waals surface area (Å²) in [6.07, 6.45) is 1.40. The van der Waals surface area contributed by atoms with Crippen molar-refractivity contribution < 1.29 is 5.11 Å². The Hall–Kier alpha value is -0.540. The summed E-state index contributed by atoms with van der Waals surface area (Å²) in [5.74, 6) is 0.414. The minimum atomic E-state index is -0.256. The van der Waals surface area contributed by atoms with Crippen molar-refractivity contribution in [2.75, 3.05) is 0 Å². The number of hydrogen-bond donors (Lipinski definition) is 1. The molecule has 3 nitrogen and oxygen atoms in total. The zero-order valence-electron chi connectivity index (χ0n) is 9.79. The summed E-state index contributed by atoms with van der Waals surface area (Å²) in [6, 6.07) is 0. The Kier molecular flexibility index (Phi) is 4.17. The summed E-state index contributed by atoms with van der Waals surface area (Å²) in [4.78, 5) is 0. The molecule has 2 atom stereocenters. The Morgan fingerprint density at radius 2 is 2.07 bits per heavy atom. The van der Waals surface area contributed by atoms with Crippen LogP contribution in [0.2, 0.25) is 5.02 Å². The Labute approximate surface area is 96.1 Å². The van der Waals surface area contributed by atoms with Crippen molar-refractivity contribution in [2.45, 2.75) is 39.7 Å². The summed E-state index contributed by atoms with van der Waals surface area (Å²) < 4.78 is 1.83. The van der Waals surface area contributed by atoms with Crippen molar-refractivity contribution in [2.24, 2.45) is 13.0 Å². The number of aliphatic hydroxyl groups excluding tert-OH is 1. The molecule has 0 aliphatic heterocycles. The topological polar surface area (TPSA) is 38.0 Å². The molecule has 1 aromatic rings. The minimum Gasteiger partial charge on any atom is -0.393 e. The van der Waals surface area contributed by atoms with Crippen molar-refractivity contribution in [1.82, 2.24) is 9.78 Å². The molecule has 0 spiro atoms. The minimum absolute atomic E-state index is 0.256. The van der Waals surface area contributed by atoms with Gasteiger partial charge < -0.3 is 5.11 Å². The molecule has 15 heavy (non-hydrogen) atoms. The number of aryl methyl sites for hydroxylation is 2. The second kappa shape index (κ2) is 4.99. The third-order valence-electron chi connectivity index (χ3n) is 2.55. The van der Waals surface area contributed by atoms with Gasteiger partial charge in [0.05, 0.1) is 22.5 Å². The second-order valence-corrected chi connectivity index (χ2v) is 4.74. The van der Waals surface area contributed by atoms with Crippen LogP contribution >= 0.6 is 11.6 Å². The van der Waals surface area contributed by atoms with E-state index in [2.05, 4.69) is 12.0 Å². The van der Waals surface area contributed by atoms with Crippen LogP contribution < -0.4 is 0 Å². The molecule has 0 amide bonds. The maximum Gasteiger partial charge on any atom is 0.0847 e.